The Kier molecular flexibility index (Phi) is 8.01. The van der Waals surface area contributed by atoms with Crippen LogP contribution in [0, 0.1) is 11.8 Å². The lowest BCUT2D eigenvalue weighted by atomic mass is 9.78. The van der Waals surface area contributed by atoms with Gasteiger partial charge in [-0.25, -0.2) is 0 Å². The lowest BCUT2D eigenvalue weighted by molar-refractivity contribution is -0.555. The van der Waals surface area contributed by atoms with Gasteiger partial charge in [0.1, 0.15) is 22.5 Å². The van der Waals surface area contributed by atoms with Gasteiger partial charge in [0.05, 0.1) is 11.8 Å². The molecule has 1 saturated carbocycles. The van der Waals surface area contributed by atoms with Gasteiger partial charge in [0, 0.05) is 28.7 Å². The number of aromatic nitrogens is 2. The van der Waals surface area contributed by atoms with Gasteiger partial charge in [0.25, 0.3) is 0 Å². The molecule has 1 fully saturated rings. The van der Waals surface area contributed by atoms with E-state index in [0.717, 1.165) is 99.0 Å². The maximum absolute atomic E-state index is 6.87. The maximum Gasteiger partial charge on any atom is 0.304 e. The highest BCUT2D eigenvalue weighted by Gasteiger charge is 2.38. The number of furan rings is 1. The van der Waals surface area contributed by atoms with E-state index in [1.807, 2.05) is 0 Å². The summed E-state index contributed by atoms with van der Waals surface area (Å²) in [6.45, 7) is 7.32. The molecule has 4 heteroatoms. The van der Waals surface area contributed by atoms with Gasteiger partial charge < -0.3 is 4.42 Å². The molecule has 4 heterocycles. The summed E-state index contributed by atoms with van der Waals surface area (Å²) in [4.78, 5) is 5.63. The van der Waals surface area contributed by atoms with E-state index >= 15 is 0 Å². The van der Waals surface area contributed by atoms with Crippen LogP contribution in [-0.2, 0) is 6.42 Å². The van der Waals surface area contributed by atoms with Crippen molar-refractivity contribution in [2.45, 2.75) is 70.3 Å². The summed E-state index contributed by atoms with van der Waals surface area (Å²) < 4.78 is 11.7. The Balaban J connectivity index is 1.16. The van der Waals surface area contributed by atoms with Crippen LogP contribution in [0.25, 0.3) is 55.7 Å². The zero-order valence-electron chi connectivity index (χ0n) is 30.5. The van der Waals surface area contributed by atoms with Gasteiger partial charge in [-0.05, 0) is 91.5 Å². The van der Waals surface area contributed by atoms with Gasteiger partial charge in [-0.15, -0.1) is 0 Å². The largest absolute Gasteiger partial charge is 0.455 e. The molecule has 4 unspecified atom stereocenters. The van der Waals surface area contributed by atoms with Gasteiger partial charge in [-0.3, -0.25) is 4.99 Å². The fourth-order valence-electron chi connectivity index (χ4n) is 9.86. The van der Waals surface area contributed by atoms with Crippen LogP contribution in [0.1, 0.15) is 74.5 Å². The molecular formula is C49H46N3O+. The van der Waals surface area contributed by atoms with Crippen LogP contribution in [0.2, 0.25) is 0 Å². The minimum atomic E-state index is 0.0726. The van der Waals surface area contributed by atoms with E-state index in [1.54, 1.807) is 0 Å². The number of benzene rings is 5. The highest BCUT2D eigenvalue weighted by Crippen LogP contribution is 2.45. The van der Waals surface area contributed by atoms with Crippen molar-refractivity contribution in [3.05, 3.63) is 151 Å². The Labute approximate surface area is 311 Å². The Morgan fingerprint density at radius 2 is 1.66 bits per heavy atom. The van der Waals surface area contributed by atoms with E-state index in [4.69, 9.17) is 16.0 Å². The van der Waals surface area contributed by atoms with Gasteiger partial charge in [0.15, 0.2) is 16.6 Å². The molecule has 2 aliphatic heterocycles. The van der Waals surface area contributed by atoms with Crippen LogP contribution in [-0.4, -0.2) is 16.3 Å². The lowest BCUT2D eigenvalue weighted by Crippen LogP contribution is -2.34. The first-order valence-corrected chi connectivity index (χ1v) is 19.7. The number of aryl methyl sites for hydroxylation is 1. The SMILES string of the molecule is C=C1CC2N=C(/C=C\CCC3CCC(C)C3)c3ccccc3C2CCc2ccc3c(oc4ccccc43)c2-c2n1c1ccccc1[n+]2-c1ccccc1. The third-order valence-corrected chi connectivity index (χ3v) is 12.4. The molecule has 4 nitrogen and oxygen atoms in total. The number of allylic oxidation sites excluding steroid dienone is 2. The van der Waals surface area contributed by atoms with E-state index in [1.165, 1.54) is 42.4 Å². The monoisotopic (exact) mass is 692 g/mol. The number of para-hydroxylation sites is 4. The highest BCUT2D eigenvalue weighted by atomic mass is 16.3. The van der Waals surface area contributed by atoms with E-state index in [9.17, 15) is 0 Å². The number of nitrogens with zero attached hydrogens (tertiary/aromatic N) is 3. The third kappa shape index (κ3) is 5.50. The molecule has 262 valence electrons. The Hall–Kier alpha value is -5.48. The number of aliphatic imine (C=N–C) groups is 1. The summed E-state index contributed by atoms with van der Waals surface area (Å²) in [5, 5.41) is 2.28. The molecule has 0 radical (unpaired) electrons. The van der Waals surface area contributed by atoms with Crippen LogP contribution >= 0.6 is 0 Å². The lowest BCUT2D eigenvalue weighted by Gasteiger charge is -2.32. The summed E-state index contributed by atoms with van der Waals surface area (Å²) in [5.41, 5.74) is 12.5. The summed E-state index contributed by atoms with van der Waals surface area (Å²) in [7, 11) is 0. The zero-order chi connectivity index (χ0) is 35.5. The molecule has 0 N–H and O–H groups in total. The van der Waals surface area contributed by atoms with Crippen molar-refractivity contribution in [3.63, 3.8) is 0 Å². The summed E-state index contributed by atoms with van der Waals surface area (Å²) in [6.07, 6.45) is 13.9. The molecule has 7 aromatic rings. The molecule has 0 saturated heterocycles. The van der Waals surface area contributed by atoms with Crippen LogP contribution in [0.4, 0.5) is 0 Å². The van der Waals surface area contributed by atoms with Gasteiger partial charge >= 0.3 is 5.82 Å². The molecule has 2 aromatic heterocycles. The maximum atomic E-state index is 6.87. The van der Waals surface area contributed by atoms with E-state index in [-0.39, 0.29) is 12.0 Å². The Morgan fingerprint density at radius 3 is 2.55 bits per heavy atom. The second-order valence-corrected chi connectivity index (χ2v) is 15.7. The quantitative estimate of drug-likeness (QED) is 0.165. The Bertz CT molecular complexity index is 2580. The van der Waals surface area contributed by atoms with Crippen molar-refractivity contribution in [2.75, 3.05) is 0 Å². The molecule has 53 heavy (non-hydrogen) atoms. The summed E-state index contributed by atoms with van der Waals surface area (Å²) in [5.74, 6) is 3.10. The molecule has 10 rings (SSSR count). The highest BCUT2D eigenvalue weighted by molar-refractivity contribution is 6.11. The Morgan fingerprint density at radius 1 is 0.849 bits per heavy atom. The van der Waals surface area contributed by atoms with Crippen molar-refractivity contribution < 1.29 is 8.98 Å². The topological polar surface area (TPSA) is 34.3 Å². The standard InChI is InChI=1S/C49H46N3O/c1-32-24-25-34(30-32)14-6-10-20-42-38-18-8-7-17-37(38)39-28-26-35-27-29-41-40-19-9-13-23-46(40)53-48(41)47(35)49-51(33(2)31-43(39)50-42)44-21-11-12-22-45(44)52(49)36-15-4-3-5-16-36/h3-5,7-13,15-23,27,29,32,34,39,43H,2,6,14,24-26,28,30-31H2,1H3/q+1/b20-10-. The molecule has 5 aromatic carbocycles. The predicted octanol–water partition coefficient (Wildman–Crippen LogP) is 12.0. The van der Waals surface area contributed by atoms with E-state index < -0.39 is 0 Å². The molecule has 0 spiro atoms. The molecule has 4 atom stereocenters. The zero-order valence-corrected chi connectivity index (χ0v) is 30.5. The minimum absolute atomic E-state index is 0.0726. The first kappa shape index (κ1) is 32.2. The van der Waals surface area contributed by atoms with Gasteiger partial charge in [-0.1, -0.05) is 117 Å². The first-order chi connectivity index (χ1) is 26.1. The molecule has 0 amide bonds. The van der Waals surface area contributed by atoms with E-state index in [2.05, 4.69) is 143 Å². The number of hydrogen-bond donors (Lipinski definition) is 0. The second-order valence-electron chi connectivity index (χ2n) is 15.7. The van der Waals surface area contributed by atoms with Gasteiger partial charge in [-0.2, -0.15) is 9.13 Å². The normalized spacial score (nSPS) is 21.5. The molecular weight excluding hydrogens is 647 g/mol. The van der Waals surface area contributed by atoms with Crippen molar-refractivity contribution >= 4 is 44.4 Å². The molecule has 3 aliphatic rings. The minimum Gasteiger partial charge on any atom is -0.455 e. The fraction of sp³-hybridized carbons (Fsp3) is 0.265. The van der Waals surface area contributed by atoms with E-state index in [0.29, 0.717) is 0 Å². The van der Waals surface area contributed by atoms with Crippen LogP contribution in [0.3, 0.4) is 0 Å². The van der Waals surface area contributed by atoms with Gasteiger partial charge in [0.2, 0.25) is 0 Å². The van der Waals surface area contributed by atoms with Crippen LogP contribution in [0.15, 0.2) is 143 Å². The number of fused-ring (bicyclic) bond motifs is 12. The average Bonchev–Trinajstić information content (AvgIpc) is 3.89. The van der Waals surface area contributed by atoms with Crippen molar-refractivity contribution in [1.29, 1.82) is 0 Å². The third-order valence-electron chi connectivity index (χ3n) is 12.4. The molecule has 1 aliphatic carbocycles. The summed E-state index contributed by atoms with van der Waals surface area (Å²) in [6, 6.07) is 41.7. The van der Waals surface area contributed by atoms with Crippen LogP contribution < -0.4 is 4.57 Å². The molecule has 0 bridgehead atoms. The average molecular weight is 693 g/mol. The summed E-state index contributed by atoms with van der Waals surface area (Å²) >= 11 is 0. The van der Waals surface area contributed by atoms with Crippen LogP contribution in [0.5, 0.6) is 0 Å². The van der Waals surface area contributed by atoms with Crippen molar-refractivity contribution in [2.24, 2.45) is 16.8 Å². The fourth-order valence-corrected chi connectivity index (χ4v) is 9.86. The first-order valence-electron chi connectivity index (χ1n) is 19.7. The number of rotatable bonds is 5. The number of hydrogen-bond acceptors (Lipinski definition) is 2. The number of imidazole rings is 1. The predicted molar refractivity (Wildman–Crippen MR) is 219 cm³/mol. The van der Waals surface area contributed by atoms with Crippen molar-refractivity contribution in [1.82, 2.24) is 4.57 Å². The van der Waals surface area contributed by atoms with Crippen molar-refractivity contribution in [3.8, 4) is 17.1 Å². The smallest absolute Gasteiger partial charge is 0.304 e. The second kappa shape index (κ2) is 13.2.